The lowest BCUT2D eigenvalue weighted by Gasteiger charge is -2.42. The molecule has 1 fully saturated rings. The van der Waals surface area contributed by atoms with Gasteiger partial charge in [-0.25, -0.2) is 13.8 Å². The zero-order valence-electron chi connectivity index (χ0n) is 20.8. The first-order valence-electron chi connectivity index (χ1n) is 12.5. The van der Waals surface area contributed by atoms with Crippen molar-refractivity contribution in [3.8, 4) is 0 Å². The van der Waals surface area contributed by atoms with Gasteiger partial charge in [0.2, 0.25) is 0 Å². The lowest BCUT2D eigenvalue weighted by atomic mass is 9.97. The summed E-state index contributed by atoms with van der Waals surface area (Å²) in [5, 5.41) is 6.79. The van der Waals surface area contributed by atoms with Crippen molar-refractivity contribution in [1.82, 2.24) is 19.4 Å². The predicted octanol–water partition coefficient (Wildman–Crippen LogP) is 3.30. The molecule has 0 spiro atoms. The molecule has 202 valence electrons. The molecule has 1 aromatic carbocycles. The first-order chi connectivity index (χ1) is 17.4. The van der Waals surface area contributed by atoms with E-state index in [0.29, 0.717) is 5.69 Å². The second-order valence-electron chi connectivity index (χ2n) is 10.2. The molecule has 1 saturated heterocycles. The van der Waals surface area contributed by atoms with E-state index < -0.39 is 40.9 Å². The highest BCUT2D eigenvalue weighted by molar-refractivity contribution is 7.91. The van der Waals surface area contributed by atoms with E-state index in [1.807, 2.05) is 0 Å². The molecule has 2 aliphatic carbocycles. The van der Waals surface area contributed by atoms with Gasteiger partial charge in [0.15, 0.2) is 0 Å². The molecule has 0 radical (unpaired) electrons. The molecular weight excluding hydrogens is 509 g/mol. The molecule has 1 aliphatic heterocycles. The Morgan fingerprint density at radius 1 is 1.11 bits per heavy atom. The van der Waals surface area contributed by atoms with Crippen LogP contribution in [0.25, 0.3) is 0 Å². The third-order valence-corrected chi connectivity index (χ3v) is 9.16. The average molecular weight is 541 g/mol. The number of carbonyl (C=O) groups excluding carboxylic acids is 1. The van der Waals surface area contributed by atoms with E-state index in [0.717, 1.165) is 54.0 Å². The number of likely N-dealkylation sites (tertiary alicyclic amines) is 1. The first kappa shape index (κ1) is 25.8. The van der Waals surface area contributed by atoms with Gasteiger partial charge in [0.05, 0.1) is 11.9 Å². The summed E-state index contributed by atoms with van der Waals surface area (Å²) >= 11 is 0. The Labute approximate surface area is 214 Å². The third-order valence-electron chi connectivity index (χ3n) is 7.69. The van der Waals surface area contributed by atoms with Crippen molar-refractivity contribution in [2.24, 2.45) is 7.05 Å². The molecule has 37 heavy (non-hydrogen) atoms. The molecular formula is C24H31F3N6O3S. The molecule has 2 aromatic rings. The number of fused-ring (bicyclic) bond motifs is 2. The van der Waals surface area contributed by atoms with Crippen LogP contribution < -0.4 is 14.3 Å². The summed E-state index contributed by atoms with van der Waals surface area (Å²) in [6.07, 6.45) is 3.27. The quantitative estimate of drug-likeness (QED) is 0.607. The molecule has 2 atom stereocenters. The fourth-order valence-electron chi connectivity index (χ4n) is 6.00. The number of piperidine rings is 1. The van der Waals surface area contributed by atoms with E-state index in [1.54, 1.807) is 7.05 Å². The maximum absolute atomic E-state index is 13.7. The van der Waals surface area contributed by atoms with Gasteiger partial charge in [-0.05, 0) is 80.7 Å². The average Bonchev–Trinajstić information content (AvgIpc) is 3.54. The minimum Gasteiger partial charge on any atom is -0.307 e. The maximum atomic E-state index is 13.7. The van der Waals surface area contributed by atoms with E-state index in [9.17, 15) is 26.4 Å². The van der Waals surface area contributed by atoms with Crippen LogP contribution in [0.5, 0.6) is 0 Å². The summed E-state index contributed by atoms with van der Waals surface area (Å²) < 4.78 is 72.5. The van der Waals surface area contributed by atoms with Gasteiger partial charge in [-0.1, -0.05) is 6.07 Å². The smallest absolute Gasteiger partial charge is 0.307 e. The van der Waals surface area contributed by atoms with Crippen LogP contribution in [-0.2, 0) is 42.9 Å². The van der Waals surface area contributed by atoms with Gasteiger partial charge in [-0.3, -0.25) is 9.58 Å². The normalized spacial score (nSPS) is 22.0. The first-order valence-corrected chi connectivity index (χ1v) is 13.9. The summed E-state index contributed by atoms with van der Waals surface area (Å²) in [6.45, 7) is 0.0512. The number of alkyl halides is 3. The molecule has 2 amide bonds. The zero-order valence-corrected chi connectivity index (χ0v) is 21.6. The molecule has 0 saturated carbocycles. The van der Waals surface area contributed by atoms with Crippen LogP contribution >= 0.6 is 0 Å². The van der Waals surface area contributed by atoms with Crippen LogP contribution in [0.3, 0.4) is 0 Å². The highest BCUT2D eigenvalue weighted by Crippen LogP contribution is 2.39. The van der Waals surface area contributed by atoms with Crippen molar-refractivity contribution in [3.05, 3.63) is 40.7 Å². The van der Waals surface area contributed by atoms with Crippen LogP contribution in [0.2, 0.25) is 0 Å². The number of halogens is 3. The summed E-state index contributed by atoms with van der Waals surface area (Å²) in [7, 11) is -1.61. The van der Waals surface area contributed by atoms with E-state index in [4.69, 9.17) is 0 Å². The Morgan fingerprint density at radius 3 is 2.32 bits per heavy atom. The van der Waals surface area contributed by atoms with Gasteiger partial charge in [0, 0.05) is 31.5 Å². The Balaban J connectivity index is 1.42. The molecule has 2 heterocycles. The van der Waals surface area contributed by atoms with Crippen molar-refractivity contribution in [2.75, 3.05) is 23.2 Å². The van der Waals surface area contributed by atoms with Crippen LogP contribution in [0, 0.1) is 0 Å². The fraction of sp³-hybridized carbons (Fsp3) is 0.583. The van der Waals surface area contributed by atoms with Gasteiger partial charge in [0.1, 0.15) is 6.04 Å². The largest absolute Gasteiger partial charge is 0.404 e. The number of urea groups is 1. The number of aryl methyl sites for hydroxylation is 3. The molecule has 5 rings (SSSR count). The number of hydrogen-bond donors (Lipinski definition) is 2. The number of carbonyl (C=O) groups is 1. The lowest BCUT2D eigenvalue weighted by molar-refractivity contribution is -0.188. The van der Waals surface area contributed by atoms with Crippen molar-refractivity contribution < 1.29 is 26.4 Å². The van der Waals surface area contributed by atoms with Crippen molar-refractivity contribution in [3.63, 3.8) is 0 Å². The summed E-state index contributed by atoms with van der Waals surface area (Å²) in [5.74, 6) is 0. The Bertz CT molecular complexity index is 1280. The molecule has 1 aromatic heterocycles. The fourth-order valence-corrected chi connectivity index (χ4v) is 7.34. The molecule has 9 nitrogen and oxygen atoms in total. The molecule has 3 aliphatic rings. The van der Waals surface area contributed by atoms with Crippen LogP contribution in [-0.4, -0.2) is 61.0 Å². The number of nitrogens with one attached hydrogen (secondary N) is 2. The number of hydrogen-bond acceptors (Lipinski definition) is 5. The van der Waals surface area contributed by atoms with E-state index in [1.165, 1.54) is 40.1 Å². The minimum absolute atomic E-state index is 0.0512. The SMILES string of the molecule is CN1CCC(N(c2cnn(C)c2)S(=O)(=O)NC(=O)Nc2c3c(cc4c2CCC4)CCC3)CC1C(F)(F)F. The van der Waals surface area contributed by atoms with Gasteiger partial charge in [-0.2, -0.15) is 26.7 Å². The van der Waals surface area contributed by atoms with Crippen LogP contribution in [0.1, 0.15) is 47.9 Å². The van der Waals surface area contributed by atoms with Gasteiger partial charge < -0.3 is 5.32 Å². The third kappa shape index (κ3) is 5.02. The molecule has 13 heteroatoms. The van der Waals surface area contributed by atoms with E-state index >= 15 is 0 Å². The van der Waals surface area contributed by atoms with Crippen molar-refractivity contribution in [1.29, 1.82) is 0 Å². The lowest BCUT2D eigenvalue weighted by Crippen LogP contribution is -2.57. The molecule has 0 bridgehead atoms. The summed E-state index contributed by atoms with van der Waals surface area (Å²) in [5.41, 5.74) is 5.22. The van der Waals surface area contributed by atoms with Crippen molar-refractivity contribution >= 4 is 27.6 Å². The van der Waals surface area contributed by atoms with E-state index in [2.05, 4.69) is 21.2 Å². The number of benzene rings is 1. The number of rotatable bonds is 5. The highest BCUT2D eigenvalue weighted by atomic mass is 32.2. The monoisotopic (exact) mass is 540 g/mol. The standard InChI is InChI=1S/C24H31F3N6O3S/c1-31-10-9-17(12-21(31)24(25,26)27)33(18-13-28-32(2)14-18)37(35,36)30-23(34)29-22-19-7-3-5-15(19)11-16-6-4-8-20(16)22/h11,13-14,17,21H,3-10,12H2,1-2H3,(H2,29,30,34). The number of anilines is 2. The van der Waals surface area contributed by atoms with Gasteiger partial charge in [0.25, 0.3) is 0 Å². The number of aromatic nitrogens is 2. The second kappa shape index (κ2) is 9.50. The van der Waals surface area contributed by atoms with Crippen LogP contribution in [0.15, 0.2) is 18.5 Å². The van der Waals surface area contributed by atoms with Gasteiger partial charge in [-0.15, -0.1) is 0 Å². The predicted molar refractivity (Wildman–Crippen MR) is 133 cm³/mol. The summed E-state index contributed by atoms with van der Waals surface area (Å²) in [4.78, 5) is 14.3. The number of amides is 2. The summed E-state index contributed by atoms with van der Waals surface area (Å²) in [6, 6.07) is -1.54. The zero-order chi connectivity index (χ0) is 26.5. The maximum Gasteiger partial charge on any atom is 0.404 e. The Kier molecular flexibility index (Phi) is 6.63. The number of nitrogens with zero attached hydrogens (tertiary/aromatic N) is 4. The Hall–Kier alpha value is -2.80. The Morgan fingerprint density at radius 2 is 1.76 bits per heavy atom. The van der Waals surface area contributed by atoms with Gasteiger partial charge >= 0.3 is 22.4 Å². The van der Waals surface area contributed by atoms with Crippen LogP contribution in [0.4, 0.5) is 29.3 Å². The van der Waals surface area contributed by atoms with E-state index in [-0.39, 0.29) is 18.7 Å². The van der Waals surface area contributed by atoms with Crippen molar-refractivity contribution in [2.45, 2.75) is 69.6 Å². The molecule has 2 unspecified atom stereocenters. The highest BCUT2D eigenvalue weighted by Gasteiger charge is 2.48. The second-order valence-corrected chi connectivity index (χ2v) is 11.7. The minimum atomic E-state index is -4.56. The molecule has 2 N–H and O–H groups in total. The topological polar surface area (TPSA) is 99.6 Å².